The fraction of sp³-hybridized carbons (Fsp3) is 0.250. The average molecular weight is 297 g/mol. The van der Waals surface area contributed by atoms with Gasteiger partial charge in [0.05, 0.1) is 0 Å². The predicted octanol–water partition coefficient (Wildman–Crippen LogP) is 5.03. The maximum absolute atomic E-state index is 13.6. The Morgan fingerprint density at radius 3 is 2.00 bits per heavy atom. The summed E-state index contributed by atoms with van der Waals surface area (Å²) in [6.07, 6.45) is 0. The van der Waals surface area contributed by atoms with E-state index in [9.17, 15) is 17.6 Å². The molecule has 0 aliphatic rings. The Hall–Kier alpha value is -2.04. The third-order valence-corrected chi connectivity index (χ3v) is 3.36. The Labute approximate surface area is 120 Å². The van der Waals surface area contributed by atoms with Crippen molar-refractivity contribution in [3.8, 4) is 0 Å². The second kappa shape index (κ2) is 5.76. The van der Waals surface area contributed by atoms with Crippen molar-refractivity contribution in [1.82, 2.24) is 0 Å². The lowest BCUT2D eigenvalue weighted by Crippen LogP contribution is -2.12. The number of hydrogen-bond acceptors (Lipinski definition) is 1. The molecule has 5 heteroatoms. The van der Waals surface area contributed by atoms with E-state index < -0.39 is 35.0 Å². The first-order valence-corrected chi connectivity index (χ1v) is 6.48. The first-order chi connectivity index (χ1) is 9.81. The maximum Gasteiger partial charge on any atom is 0.185 e. The molecule has 1 nitrogen and oxygen atoms in total. The van der Waals surface area contributed by atoms with E-state index in [-0.39, 0.29) is 6.07 Å². The monoisotopic (exact) mass is 297 g/mol. The molecular formula is C16H15F4N. The molecule has 0 aliphatic carbocycles. The zero-order valence-corrected chi connectivity index (χ0v) is 11.9. The van der Waals surface area contributed by atoms with Crippen molar-refractivity contribution >= 4 is 5.69 Å². The van der Waals surface area contributed by atoms with Gasteiger partial charge in [-0.15, -0.1) is 0 Å². The highest BCUT2D eigenvalue weighted by molar-refractivity contribution is 5.50. The molecule has 0 fully saturated rings. The van der Waals surface area contributed by atoms with Crippen LogP contribution in [0.4, 0.5) is 23.2 Å². The van der Waals surface area contributed by atoms with Crippen molar-refractivity contribution in [3.63, 3.8) is 0 Å². The Morgan fingerprint density at radius 2 is 1.48 bits per heavy atom. The largest absolute Gasteiger partial charge is 0.374 e. The van der Waals surface area contributed by atoms with Crippen molar-refractivity contribution < 1.29 is 17.6 Å². The summed E-state index contributed by atoms with van der Waals surface area (Å²) in [6, 6.07) is 5.29. The van der Waals surface area contributed by atoms with Gasteiger partial charge in [0.15, 0.2) is 23.3 Å². The smallest absolute Gasteiger partial charge is 0.185 e. The van der Waals surface area contributed by atoms with Crippen LogP contribution in [0.3, 0.4) is 0 Å². The summed E-state index contributed by atoms with van der Waals surface area (Å²) in [5.41, 5.74) is 1.98. The Kier molecular flexibility index (Phi) is 4.21. The molecule has 2 rings (SSSR count). The first kappa shape index (κ1) is 15.4. The molecular weight excluding hydrogens is 282 g/mol. The summed E-state index contributed by atoms with van der Waals surface area (Å²) in [5, 5.41) is 2.51. The van der Waals surface area contributed by atoms with E-state index in [0.29, 0.717) is 0 Å². The molecule has 0 bridgehead atoms. The zero-order valence-electron chi connectivity index (χ0n) is 11.9. The Morgan fingerprint density at radius 1 is 0.905 bits per heavy atom. The molecule has 0 radical (unpaired) electrons. The molecule has 1 atom stereocenters. The zero-order chi connectivity index (χ0) is 15.7. The van der Waals surface area contributed by atoms with Gasteiger partial charge in [-0.2, -0.15) is 0 Å². The van der Waals surface area contributed by atoms with Gasteiger partial charge in [-0.1, -0.05) is 23.8 Å². The summed E-state index contributed by atoms with van der Waals surface area (Å²) >= 11 is 0. The van der Waals surface area contributed by atoms with Gasteiger partial charge in [-0.25, -0.2) is 17.6 Å². The average Bonchev–Trinajstić information content (AvgIpc) is 2.41. The molecule has 0 aliphatic heterocycles. The molecule has 1 unspecified atom stereocenters. The van der Waals surface area contributed by atoms with E-state index in [2.05, 4.69) is 5.32 Å². The summed E-state index contributed by atoms with van der Waals surface area (Å²) in [7, 11) is 0. The summed E-state index contributed by atoms with van der Waals surface area (Å²) in [4.78, 5) is 0. The second-order valence-corrected chi connectivity index (χ2v) is 5.07. The molecule has 21 heavy (non-hydrogen) atoms. The Bertz CT molecular complexity index is 656. The fourth-order valence-electron chi connectivity index (χ4n) is 2.31. The number of rotatable bonds is 3. The molecule has 1 N–H and O–H groups in total. The van der Waals surface area contributed by atoms with Crippen molar-refractivity contribution in [3.05, 3.63) is 64.2 Å². The molecule has 0 amide bonds. The highest BCUT2D eigenvalue weighted by Gasteiger charge is 2.21. The van der Waals surface area contributed by atoms with Gasteiger partial charge in [0.2, 0.25) is 0 Å². The molecule has 2 aromatic carbocycles. The van der Waals surface area contributed by atoms with Crippen LogP contribution in [0.25, 0.3) is 0 Å². The number of aryl methyl sites for hydroxylation is 2. The lowest BCUT2D eigenvalue weighted by atomic mass is 10.00. The van der Waals surface area contributed by atoms with Crippen LogP contribution in [0.2, 0.25) is 0 Å². The third-order valence-electron chi connectivity index (χ3n) is 3.36. The van der Waals surface area contributed by atoms with E-state index in [4.69, 9.17) is 0 Å². The standard InChI is InChI=1S/C16H15F4N/c1-8-4-5-11(9(2)6-8)10(3)21-16-14(19)12(17)7-13(18)15(16)20/h4-7,10,21H,1-3H3. The highest BCUT2D eigenvalue weighted by Crippen LogP contribution is 2.29. The van der Waals surface area contributed by atoms with Crippen molar-refractivity contribution in [1.29, 1.82) is 0 Å². The minimum atomic E-state index is -1.43. The molecule has 0 saturated carbocycles. The number of halogens is 4. The summed E-state index contributed by atoms with van der Waals surface area (Å²) in [6.45, 7) is 5.45. The van der Waals surface area contributed by atoms with Gasteiger partial charge in [0, 0.05) is 12.1 Å². The summed E-state index contributed by atoms with van der Waals surface area (Å²) in [5.74, 6) is -5.70. The minimum Gasteiger partial charge on any atom is -0.374 e. The first-order valence-electron chi connectivity index (χ1n) is 6.48. The van der Waals surface area contributed by atoms with Crippen LogP contribution < -0.4 is 5.32 Å². The molecule has 0 saturated heterocycles. The topological polar surface area (TPSA) is 12.0 Å². The van der Waals surface area contributed by atoms with Crippen LogP contribution in [0.1, 0.15) is 29.7 Å². The Balaban J connectivity index is 2.38. The van der Waals surface area contributed by atoms with Gasteiger partial charge >= 0.3 is 0 Å². The van der Waals surface area contributed by atoms with Gasteiger partial charge < -0.3 is 5.32 Å². The second-order valence-electron chi connectivity index (χ2n) is 5.07. The highest BCUT2D eigenvalue weighted by atomic mass is 19.2. The van der Waals surface area contributed by atoms with E-state index in [1.165, 1.54) is 0 Å². The lowest BCUT2D eigenvalue weighted by molar-refractivity contribution is 0.457. The molecule has 0 spiro atoms. The lowest BCUT2D eigenvalue weighted by Gasteiger charge is -2.19. The van der Waals surface area contributed by atoms with Gasteiger partial charge in [-0.05, 0) is 31.9 Å². The van der Waals surface area contributed by atoms with Crippen LogP contribution >= 0.6 is 0 Å². The predicted molar refractivity (Wildman–Crippen MR) is 74.2 cm³/mol. The minimum absolute atomic E-state index is 0.192. The van der Waals surface area contributed by atoms with E-state index in [0.717, 1.165) is 16.7 Å². The molecule has 112 valence electrons. The third kappa shape index (κ3) is 3.01. The normalized spacial score (nSPS) is 12.3. The van der Waals surface area contributed by atoms with Gasteiger partial charge in [0.1, 0.15) is 5.69 Å². The number of hydrogen-bond donors (Lipinski definition) is 1. The molecule has 0 heterocycles. The van der Waals surface area contributed by atoms with Crippen molar-refractivity contribution in [2.75, 3.05) is 5.32 Å². The van der Waals surface area contributed by atoms with Gasteiger partial charge in [0.25, 0.3) is 0 Å². The van der Waals surface area contributed by atoms with Crippen LogP contribution in [0.15, 0.2) is 24.3 Å². The molecule has 2 aromatic rings. The van der Waals surface area contributed by atoms with Crippen molar-refractivity contribution in [2.24, 2.45) is 0 Å². The fourth-order valence-corrected chi connectivity index (χ4v) is 2.31. The quantitative estimate of drug-likeness (QED) is 0.618. The number of nitrogens with one attached hydrogen (secondary N) is 1. The number of anilines is 1. The van der Waals surface area contributed by atoms with E-state index in [1.54, 1.807) is 6.92 Å². The number of benzene rings is 2. The van der Waals surface area contributed by atoms with Crippen molar-refractivity contribution in [2.45, 2.75) is 26.8 Å². The maximum atomic E-state index is 13.6. The van der Waals surface area contributed by atoms with E-state index >= 15 is 0 Å². The van der Waals surface area contributed by atoms with E-state index in [1.807, 2.05) is 32.0 Å². The van der Waals surface area contributed by atoms with Gasteiger partial charge in [-0.3, -0.25) is 0 Å². The van der Waals surface area contributed by atoms with Crippen LogP contribution in [0.5, 0.6) is 0 Å². The SMILES string of the molecule is Cc1ccc(C(C)Nc2c(F)c(F)cc(F)c2F)c(C)c1. The van der Waals surface area contributed by atoms with Crippen LogP contribution in [-0.2, 0) is 0 Å². The molecule has 0 aromatic heterocycles. The summed E-state index contributed by atoms with van der Waals surface area (Å²) < 4.78 is 53.6. The van der Waals surface area contributed by atoms with Crippen LogP contribution in [-0.4, -0.2) is 0 Å². The van der Waals surface area contributed by atoms with Crippen LogP contribution in [0, 0.1) is 37.1 Å².